The molecule has 0 saturated heterocycles. The molecule has 0 unspecified atom stereocenters. The molecule has 24 heavy (non-hydrogen) atoms. The summed E-state index contributed by atoms with van der Waals surface area (Å²) in [7, 11) is 1.40. The maximum atomic E-state index is 13.0. The summed E-state index contributed by atoms with van der Waals surface area (Å²) in [4.78, 5) is 25.2. The second-order valence-corrected chi connectivity index (χ2v) is 7.23. The Labute approximate surface area is 145 Å². The summed E-state index contributed by atoms with van der Waals surface area (Å²) in [5.41, 5.74) is 7.03. The second-order valence-electron chi connectivity index (χ2n) is 7.23. The van der Waals surface area contributed by atoms with Gasteiger partial charge in [0, 0.05) is 12.3 Å². The van der Waals surface area contributed by atoms with E-state index in [1.165, 1.54) is 23.8 Å². The molecule has 130 valence electrons. The van der Waals surface area contributed by atoms with Gasteiger partial charge in [0.05, 0.1) is 13.0 Å². The molecule has 1 aromatic rings. The van der Waals surface area contributed by atoms with Gasteiger partial charge in [-0.05, 0) is 64.2 Å². The number of hydrogen-bond acceptors (Lipinski definition) is 3. The van der Waals surface area contributed by atoms with E-state index in [2.05, 4.69) is 39.8 Å². The standard InChI is InChI=1S/C21H28O3/c1-12-7-15(4)17(16(5)8-12)11-20(22)18-9-13(2)14(3)10-19(18)21(23)24-6/h7-8,18-19H,9-11H2,1-6H3/t18-,19-/m0/s1. The van der Waals surface area contributed by atoms with Crippen LogP contribution in [0.1, 0.15) is 48.9 Å². The largest absolute Gasteiger partial charge is 0.469 e. The van der Waals surface area contributed by atoms with Crippen molar-refractivity contribution in [3.8, 4) is 0 Å². The van der Waals surface area contributed by atoms with Gasteiger partial charge < -0.3 is 4.74 Å². The fraction of sp³-hybridized carbons (Fsp3) is 0.524. The highest BCUT2D eigenvalue weighted by molar-refractivity contribution is 5.89. The van der Waals surface area contributed by atoms with Gasteiger partial charge in [-0.1, -0.05) is 28.8 Å². The van der Waals surface area contributed by atoms with E-state index in [4.69, 9.17) is 4.74 Å². The summed E-state index contributed by atoms with van der Waals surface area (Å²) < 4.78 is 4.95. The van der Waals surface area contributed by atoms with Crippen molar-refractivity contribution < 1.29 is 14.3 Å². The van der Waals surface area contributed by atoms with Crippen LogP contribution in [0.15, 0.2) is 23.3 Å². The average Bonchev–Trinajstić information content (AvgIpc) is 2.52. The number of ketones is 1. The lowest BCUT2D eigenvalue weighted by molar-refractivity contribution is -0.150. The SMILES string of the molecule is COC(=O)[C@H]1CC(C)=C(C)C[C@@H]1C(=O)Cc1c(C)cc(C)cc1C. The van der Waals surface area contributed by atoms with Crippen molar-refractivity contribution in [3.63, 3.8) is 0 Å². The molecule has 0 saturated carbocycles. The zero-order valence-electron chi connectivity index (χ0n) is 15.7. The summed E-state index contributed by atoms with van der Waals surface area (Å²) in [5.74, 6) is -0.747. The number of allylic oxidation sites excluding steroid dienone is 2. The van der Waals surface area contributed by atoms with Gasteiger partial charge >= 0.3 is 5.97 Å². The Morgan fingerprint density at radius 2 is 1.46 bits per heavy atom. The van der Waals surface area contributed by atoms with Gasteiger partial charge in [-0.3, -0.25) is 9.59 Å². The van der Waals surface area contributed by atoms with E-state index in [0.717, 1.165) is 16.7 Å². The fourth-order valence-corrected chi connectivity index (χ4v) is 3.82. The maximum absolute atomic E-state index is 13.0. The number of benzene rings is 1. The van der Waals surface area contributed by atoms with Gasteiger partial charge in [0.2, 0.25) is 0 Å². The molecule has 0 aliphatic heterocycles. The normalized spacial score (nSPS) is 20.9. The summed E-state index contributed by atoms with van der Waals surface area (Å²) in [6.45, 7) is 10.3. The van der Waals surface area contributed by atoms with Crippen LogP contribution in [-0.4, -0.2) is 18.9 Å². The Hall–Kier alpha value is -1.90. The van der Waals surface area contributed by atoms with E-state index in [0.29, 0.717) is 19.3 Å². The van der Waals surface area contributed by atoms with Crippen molar-refractivity contribution in [3.05, 3.63) is 45.5 Å². The van der Waals surface area contributed by atoms with E-state index in [1.54, 1.807) is 0 Å². The molecule has 0 bridgehead atoms. The number of ether oxygens (including phenoxy) is 1. The van der Waals surface area contributed by atoms with Crippen LogP contribution in [0.25, 0.3) is 0 Å². The van der Waals surface area contributed by atoms with E-state index >= 15 is 0 Å². The summed E-state index contributed by atoms with van der Waals surface area (Å²) >= 11 is 0. The van der Waals surface area contributed by atoms with Crippen molar-refractivity contribution in [2.24, 2.45) is 11.8 Å². The zero-order chi connectivity index (χ0) is 18.0. The number of rotatable bonds is 4. The summed E-state index contributed by atoms with van der Waals surface area (Å²) in [6.07, 6.45) is 1.68. The molecule has 1 aliphatic rings. The molecular weight excluding hydrogens is 300 g/mol. The van der Waals surface area contributed by atoms with Crippen LogP contribution in [0.4, 0.5) is 0 Å². The summed E-state index contributed by atoms with van der Waals surface area (Å²) in [5, 5.41) is 0. The minimum atomic E-state index is -0.350. The highest BCUT2D eigenvalue weighted by Gasteiger charge is 2.37. The number of carbonyl (C=O) groups is 2. The van der Waals surface area contributed by atoms with Gasteiger partial charge in [-0.25, -0.2) is 0 Å². The molecule has 0 aromatic heterocycles. The highest BCUT2D eigenvalue weighted by atomic mass is 16.5. The Morgan fingerprint density at radius 3 is 1.96 bits per heavy atom. The van der Waals surface area contributed by atoms with Crippen LogP contribution in [-0.2, 0) is 20.7 Å². The maximum Gasteiger partial charge on any atom is 0.309 e. The molecule has 2 atom stereocenters. The molecule has 3 nitrogen and oxygen atoms in total. The second kappa shape index (κ2) is 7.33. The average molecular weight is 328 g/mol. The lowest BCUT2D eigenvalue weighted by Crippen LogP contribution is -2.35. The summed E-state index contributed by atoms with van der Waals surface area (Å²) in [6, 6.07) is 4.23. The molecule has 0 fully saturated rings. The Bertz CT molecular complexity index is 674. The van der Waals surface area contributed by atoms with E-state index < -0.39 is 0 Å². The van der Waals surface area contributed by atoms with E-state index in [1.807, 2.05) is 6.92 Å². The third kappa shape index (κ3) is 3.77. The fourth-order valence-electron chi connectivity index (χ4n) is 3.82. The van der Waals surface area contributed by atoms with Crippen LogP contribution in [0.5, 0.6) is 0 Å². The Morgan fingerprint density at radius 1 is 0.958 bits per heavy atom. The van der Waals surface area contributed by atoms with E-state index in [-0.39, 0.29) is 23.6 Å². The van der Waals surface area contributed by atoms with E-state index in [9.17, 15) is 9.59 Å². The number of carbonyl (C=O) groups excluding carboxylic acids is 2. The van der Waals surface area contributed by atoms with Crippen molar-refractivity contribution in [2.75, 3.05) is 7.11 Å². The van der Waals surface area contributed by atoms with Crippen molar-refractivity contribution >= 4 is 11.8 Å². The van der Waals surface area contributed by atoms with Crippen LogP contribution in [0.3, 0.4) is 0 Å². The van der Waals surface area contributed by atoms with Crippen molar-refractivity contribution in [2.45, 2.75) is 53.9 Å². The third-order valence-corrected chi connectivity index (χ3v) is 5.38. The molecule has 3 heteroatoms. The lowest BCUT2D eigenvalue weighted by atomic mass is 9.73. The minimum absolute atomic E-state index is 0.146. The minimum Gasteiger partial charge on any atom is -0.469 e. The predicted octanol–water partition coefficient (Wildman–Crippen LogP) is 4.26. The first-order valence-electron chi connectivity index (χ1n) is 8.57. The quantitative estimate of drug-likeness (QED) is 0.613. The first-order valence-corrected chi connectivity index (χ1v) is 8.57. The van der Waals surface area contributed by atoms with Gasteiger partial charge in [0.25, 0.3) is 0 Å². The van der Waals surface area contributed by atoms with Gasteiger partial charge in [-0.2, -0.15) is 0 Å². The van der Waals surface area contributed by atoms with Crippen LogP contribution in [0, 0.1) is 32.6 Å². The first-order chi connectivity index (χ1) is 11.2. The van der Waals surface area contributed by atoms with Crippen LogP contribution < -0.4 is 0 Å². The Kier molecular flexibility index (Phi) is 5.63. The molecule has 2 rings (SSSR count). The van der Waals surface area contributed by atoms with Gasteiger partial charge in [0.15, 0.2) is 0 Å². The number of hydrogen-bond donors (Lipinski definition) is 0. The third-order valence-electron chi connectivity index (χ3n) is 5.38. The van der Waals surface area contributed by atoms with Crippen molar-refractivity contribution in [1.29, 1.82) is 0 Å². The molecule has 1 aromatic carbocycles. The molecule has 0 spiro atoms. The topological polar surface area (TPSA) is 43.4 Å². The zero-order valence-corrected chi connectivity index (χ0v) is 15.7. The Balaban J connectivity index is 2.29. The van der Waals surface area contributed by atoms with Crippen LogP contribution >= 0.6 is 0 Å². The monoisotopic (exact) mass is 328 g/mol. The number of aryl methyl sites for hydroxylation is 3. The highest BCUT2D eigenvalue weighted by Crippen LogP contribution is 2.36. The van der Waals surface area contributed by atoms with Crippen molar-refractivity contribution in [1.82, 2.24) is 0 Å². The van der Waals surface area contributed by atoms with Gasteiger partial charge in [-0.15, -0.1) is 0 Å². The van der Waals surface area contributed by atoms with Gasteiger partial charge in [0.1, 0.15) is 5.78 Å². The molecule has 0 amide bonds. The molecule has 0 heterocycles. The number of esters is 1. The predicted molar refractivity (Wildman–Crippen MR) is 96.0 cm³/mol. The first kappa shape index (κ1) is 18.4. The van der Waals surface area contributed by atoms with Crippen LogP contribution in [0.2, 0.25) is 0 Å². The molecule has 0 N–H and O–H groups in total. The number of Topliss-reactive ketones (excluding diaryl/α,β-unsaturated/α-hetero) is 1. The molecular formula is C21H28O3. The smallest absolute Gasteiger partial charge is 0.309 e. The lowest BCUT2D eigenvalue weighted by Gasteiger charge is -2.30. The molecule has 0 radical (unpaired) electrons. The number of methoxy groups -OCH3 is 1. The molecule has 1 aliphatic carbocycles.